The maximum Gasteiger partial charge on any atom is 0.422 e. The predicted octanol–water partition coefficient (Wildman–Crippen LogP) is 4.11. The van der Waals surface area contributed by atoms with Crippen LogP contribution in [0.1, 0.15) is 30.9 Å². The molecule has 0 aliphatic carbocycles. The molecule has 0 atom stereocenters. The summed E-state index contributed by atoms with van der Waals surface area (Å²) < 4.78 is 63.0. The highest BCUT2D eigenvalue weighted by atomic mass is 19.4. The smallest absolute Gasteiger partial charge is 0.206 e. The van der Waals surface area contributed by atoms with Crippen molar-refractivity contribution >= 4 is 0 Å². The van der Waals surface area contributed by atoms with Crippen LogP contribution in [0.3, 0.4) is 0 Å². The van der Waals surface area contributed by atoms with Crippen LogP contribution in [-0.4, -0.2) is 0 Å². The van der Waals surface area contributed by atoms with Crippen molar-refractivity contribution in [1.29, 1.82) is 0 Å². The summed E-state index contributed by atoms with van der Waals surface area (Å²) in [5.41, 5.74) is -1.95. The summed E-state index contributed by atoms with van der Waals surface area (Å²) in [6.45, 7) is 3.08. The van der Waals surface area contributed by atoms with E-state index in [2.05, 4.69) is 0 Å². The first-order valence-electron chi connectivity index (χ1n) is 4.30. The monoisotopic (exact) mass is 224 g/mol. The Balaban J connectivity index is 3.44. The summed E-state index contributed by atoms with van der Waals surface area (Å²) >= 11 is 0. The Labute approximate surface area is 83.7 Å². The SMILES string of the molecule is CC(C)c1ccc(F)c(C(F)(F)F)c1F. The van der Waals surface area contributed by atoms with Crippen LogP contribution in [-0.2, 0) is 6.18 Å². The fraction of sp³-hybridized carbons (Fsp3) is 0.400. The van der Waals surface area contributed by atoms with Gasteiger partial charge in [-0.25, -0.2) is 8.78 Å². The van der Waals surface area contributed by atoms with Gasteiger partial charge in [-0.05, 0) is 17.5 Å². The van der Waals surface area contributed by atoms with Gasteiger partial charge in [0.15, 0.2) is 0 Å². The third kappa shape index (κ3) is 2.27. The van der Waals surface area contributed by atoms with Crippen LogP contribution in [0.15, 0.2) is 12.1 Å². The molecule has 0 aliphatic heterocycles. The van der Waals surface area contributed by atoms with Gasteiger partial charge in [-0.15, -0.1) is 0 Å². The fourth-order valence-corrected chi connectivity index (χ4v) is 1.27. The third-order valence-corrected chi connectivity index (χ3v) is 2.03. The number of benzene rings is 1. The number of alkyl halides is 3. The molecule has 1 aromatic carbocycles. The Morgan fingerprint density at radius 1 is 1.07 bits per heavy atom. The van der Waals surface area contributed by atoms with Crippen molar-refractivity contribution in [1.82, 2.24) is 0 Å². The topological polar surface area (TPSA) is 0 Å². The molecule has 84 valence electrons. The van der Waals surface area contributed by atoms with E-state index in [9.17, 15) is 22.0 Å². The van der Waals surface area contributed by atoms with Gasteiger partial charge in [0, 0.05) is 0 Å². The Morgan fingerprint density at radius 3 is 2.00 bits per heavy atom. The summed E-state index contributed by atoms with van der Waals surface area (Å²) in [4.78, 5) is 0. The highest BCUT2D eigenvalue weighted by molar-refractivity contribution is 5.31. The molecule has 0 radical (unpaired) electrons. The standard InChI is InChI=1S/C10H9F5/c1-5(2)6-3-4-7(11)8(9(6)12)10(13,14)15/h3-5H,1-2H3. The molecule has 0 fully saturated rings. The van der Waals surface area contributed by atoms with E-state index in [0.29, 0.717) is 6.07 Å². The minimum Gasteiger partial charge on any atom is -0.206 e. The van der Waals surface area contributed by atoms with Crippen LogP contribution >= 0.6 is 0 Å². The fourth-order valence-electron chi connectivity index (χ4n) is 1.27. The predicted molar refractivity (Wildman–Crippen MR) is 45.4 cm³/mol. The number of hydrogen-bond donors (Lipinski definition) is 0. The molecular weight excluding hydrogens is 215 g/mol. The Bertz CT molecular complexity index is 365. The lowest BCUT2D eigenvalue weighted by Crippen LogP contribution is -2.13. The first kappa shape index (κ1) is 11.9. The summed E-state index contributed by atoms with van der Waals surface area (Å²) in [6.07, 6.45) is -5.00. The van der Waals surface area contributed by atoms with Gasteiger partial charge >= 0.3 is 6.18 Å². The van der Waals surface area contributed by atoms with Crippen LogP contribution in [0.25, 0.3) is 0 Å². The largest absolute Gasteiger partial charge is 0.422 e. The maximum absolute atomic E-state index is 13.3. The van der Waals surface area contributed by atoms with Gasteiger partial charge in [0.05, 0.1) is 0 Å². The molecule has 0 aromatic heterocycles. The first-order chi connectivity index (χ1) is 6.75. The van der Waals surface area contributed by atoms with Crippen LogP contribution in [0.2, 0.25) is 0 Å². The molecule has 0 heterocycles. The molecule has 0 nitrogen and oxygen atoms in total. The second-order valence-electron chi connectivity index (χ2n) is 3.48. The first-order valence-corrected chi connectivity index (χ1v) is 4.30. The number of hydrogen-bond acceptors (Lipinski definition) is 0. The molecule has 5 heteroatoms. The van der Waals surface area contributed by atoms with E-state index in [4.69, 9.17) is 0 Å². The zero-order valence-corrected chi connectivity index (χ0v) is 8.12. The third-order valence-electron chi connectivity index (χ3n) is 2.03. The Morgan fingerprint density at radius 2 is 1.60 bits per heavy atom. The van der Waals surface area contributed by atoms with Crippen LogP contribution in [0.5, 0.6) is 0 Å². The molecule has 0 saturated carbocycles. The molecule has 0 spiro atoms. The average Bonchev–Trinajstić information content (AvgIpc) is 2.00. The molecule has 0 aliphatic rings. The Kier molecular flexibility index (Phi) is 3.02. The summed E-state index contributed by atoms with van der Waals surface area (Å²) in [7, 11) is 0. The zero-order chi connectivity index (χ0) is 11.8. The zero-order valence-electron chi connectivity index (χ0n) is 8.12. The normalized spacial score (nSPS) is 12.3. The van der Waals surface area contributed by atoms with Crippen molar-refractivity contribution in [3.8, 4) is 0 Å². The van der Waals surface area contributed by atoms with Gasteiger partial charge in [0.25, 0.3) is 0 Å². The Hall–Kier alpha value is -1.13. The van der Waals surface area contributed by atoms with Gasteiger partial charge < -0.3 is 0 Å². The summed E-state index contributed by atoms with van der Waals surface area (Å²) in [6, 6.07) is 1.67. The molecule has 0 amide bonds. The lowest BCUT2D eigenvalue weighted by Gasteiger charge is -2.14. The van der Waals surface area contributed by atoms with Crippen molar-refractivity contribution in [3.05, 3.63) is 34.9 Å². The van der Waals surface area contributed by atoms with Gasteiger partial charge in [0.2, 0.25) is 0 Å². The molecule has 0 unspecified atom stereocenters. The van der Waals surface area contributed by atoms with Gasteiger partial charge in [-0.2, -0.15) is 13.2 Å². The lowest BCUT2D eigenvalue weighted by atomic mass is 9.99. The molecule has 0 N–H and O–H groups in total. The molecule has 1 aromatic rings. The minimum atomic E-state index is -5.00. The highest BCUT2D eigenvalue weighted by Gasteiger charge is 2.38. The highest BCUT2D eigenvalue weighted by Crippen LogP contribution is 2.36. The van der Waals surface area contributed by atoms with E-state index in [-0.39, 0.29) is 5.56 Å². The second kappa shape index (κ2) is 3.79. The lowest BCUT2D eigenvalue weighted by molar-refractivity contribution is -0.142. The van der Waals surface area contributed by atoms with Crippen LogP contribution < -0.4 is 0 Å². The molecular formula is C10H9F5. The van der Waals surface area contributed by atoms with Crippen LogP contribution in [0.4, 0.5) is 22.0 Å². The maximum atomic E-state index is 13.3. The van der Waals surface area contributed by atoms with Crippen LogP contribution in [0, 0.1) is 11.6 Å². The molecule has 1 rings (SSSR count). The van der Waals surface area contributed by atoms with E-state index in [1.165, 1.54) is 13.8 Å². The second-order valence-corrected chi connectivity index (χ2v) is 3.48. The van der Waals surface area contributed by atoms with Gasteiger partial charge in [0.1, 0.15) is 17.2 Å². The quantitative estimate of drug-likeness (QED) is 0.630. The summed E-state index contributed by atoms with van der Waals surface area (Å²) in [5, 5.41) is 0. The van der Waals surface area contributed by atoms with Crippen molar-refractivity contribution in [2.75, 3.05) is 0 Å². The van der Waals surface area contributed by atoms with E-state index in [1.807, 2.05) is 0 Å². The number of halogens is 5. The average molecular weight is 224 g/mol. The van der Waals surface area contributed by atoms with E-state index in [0.717, 1.165) is 6.07 Å². The van der Waals surface area contributed by atoms with E-state index in [1.54, 1.807) is 0 Å². The molecule has 0 saturated heterocycles. The van der Waals surface area contributed by atoms with Crippen molar-refractivity contribution in [3.63, 3.8) is 0 Å². The molecule has 15 heavy (non-hydrogen) atoms. The minimum absolute atomic E-state index is 0.135. The van der Waals surface area contributed by atoms with Crippen molar-refractivity contribution < 1.29 is 22.0 Å². The van der Waals surface area contributed by atoms with E-state index >= 15 is 0 Å². The van der Waals surface area contributed by atoms with Crippen molar-refractivity contribution in [2.24, 2.45) is 0 Å². The molecule has 0 bridgehead atoms. The van der Waals surface area contributed by atoms with Gasteiger partial charge in [-0.3, -0.25) is 0 Å². The van der Waals surface area contributed by atoms with Gasteiger partial charge in [-0.1, -0.05) is 19.9 Å². The summed E-state index contributed by atoms with van der Waals surface area (Å²) in [5.74, 6) is -3.52. The number of rotatable bonds is 1. The van der Waals surface area contributed by atoms with E-state index < -0.39 is 29.3 Å². The van der Waals surface area contributed by atoms with Crippen molar-refractivity contribution in [2.45, 2.75) is 25.9 Å².